The van der Waals surface area contributed by atoms with Crippen LogP contribution >= 0.6 is 0 Å². The summed E-state index contributed by atoms with van der Waals surface area (Å²) >= 11 is 0. The molecule has 0 aliphatic carbocycles. The lowest BCUT2D eigenvalue weighted by Gasteiger charge is -2.12. The summed E-state index contributed by atoms with van der Waals surface area (Å²) in [5.41, 5.74) is 2.91. The molecule has 6 nitrogen and oxygen atoms in total. The molecular weight excluding hydrogens is 300 g/mol. The molecule has 0 bridgehead atoms. The van der Waals surface area contributed by atoms with Crippen LogP contribution in [0.2, 0.25) is 0 Å². The zero-order valence-corrected chi connectivity index (χ0v) is 14.1. The van der Waals surface area contributed by atoms with Gasteiger partial charge in [-0.2, -0.15) is 0 Å². The first-order chi connectivity index (χ1) is 11.6. The van der Waals surface area contributed by atoms with Gasteiger partial charge in [0.2, 0.25) is 0 Å². The van der Waals surface area contributed by atoms with Gasteiger partial charge in [0.25, 0.3) is 0 Å². The minimum absolute atomic E-state index is 0.656. The summed E-state index contributed by atoms with van der Waals surface area (Å²) in [6.07, 6.45) is 5.38. The van der Waals surface area contributed by atoms with Crippen molar-refractivity contribution in [3.05, 3.63) is 60.2 Å². The Morgan fingerprint density at radius 3 is 2.62 bits per heavy atom. The van der Waals surface area contributed by atoms with E-state index < -0.39 is 0 Å². The highest BCUT2D eigenvalue weighted by molar-refractivity contribution is 5.56. The summed E-state index contributed by atoms with van der Waals surface area (Å²) in [6, 6.07) is 9.83. The van der Waals surface area contributed by atoms with Crippen LogP contribution in [0.3, 0.4) is 0 Å². The Labute approximate surface area is 141 Å². The van der Waals surface area contributed by atoms with Gasteiger partial charge in [0.1, 0.15) is 11.6 Å². The molecule has 24 heavy (non-hydrogen) atoms. The van der Waals surface area contributed by atoms with Gasteiger partial charge >= 0.3 is 0 Å². The average Bonchev–Trinajstić information content (AvgIpc) is 2.60. The quantitative estimate of drug-likeness (QED) is 0.779. The van der Waals surface area contributed by atoms with Gasteiger partial charge in [0.05, 0.1) is 0 Å². The van der Waals surface area contributed by atoms with Gasteiger partial charge in [-0.25, -0.2) is 15.0 Å². The molecular formula is C18H20N6. The summed E-state index contributed by atoms with van der Waals surface area (Å²) in [5.74, 6) is 2.40. The van der Waals surface area contributed by atoms with Crippen molar-refractivity contribution in [3.63, 3.8) is 0 Å². The first kappa shape index (κ1) is 15.9. The Bertz CT molecular complexity index is 799. The third kappa shape index (κ3) is 3.84. The van der Waals surface area contributed by atoms with E-state index in [1.807, 2.05) is 56.4 Å². The highest BCUT2D eigenvalue weighted by Crippen LogP contribution is 2.17. The van der Waals surface area contributed by atoms with Gasteiger partial charge in [-0.3, -0.25) is 4.98 Å². The molecule has 0 saturated heterocycles. The molecule has 0 aliphatic rings. The van der Waals surface area contributed by atoms with Gasteiger partial charge in [-0.05, 0) is 30.7 Å². The standard InChI is InChI=1S/C18H20N6/c1-13-9-16(23-18(22-13)15-5-4-8-19-12-15)20-10-14-6-7-17(21-11-14)24(2)3/h4-9,11-12H,10H2,1-3H3,(H,20,22,23). The van der Waals surface area contributed by atoms with Crippen molar-refractivity contribution in [1.29, 1.82) is 0 Å². The molecule has 3 rings (SSSR count). The van der Waals surface area contributed by atoms with E-state index in [9.17, 15) is 0 Å². The number of pyridine rings is 2. The van der Waals surface area contributed by atoms with Gasteiger partial charge in [0, 0.05) is 56.6 Å². The Balaban J connectivity index is 1.74. The van der Waals surface area contributed by atoms with E-state index >= 15 is 0 Å². The number of rotatable bonds is 5. The van der Waals surface area contributed by atoms with E-state index in [4.69, 9.17) is 0 Å². The Hall–Kier alpha value is -3.02. The summed E-state index contributed by atoms with van der Waals surface area (Å²) in [7, 11) is 3.95. The fraction of sp³-hybridized carbons (Fsp3) is 0.222. The molecule has 0 aliphatic heterocycles. The Morgan fingerprint density at radius 2 is 1.96 bits per heavy atom. The van der Waals surface area contributed by atoms with E-state index in [0.717, 1.165) is 28.5 Å². The smallest absolute Gasteiger partial charge is 0.163 e. The molecule has 6 heteroatoms. The number of nitrogens with zero attached hydrogens (tertiary/aromatic N) is 5. The van der Waals surface area contributed by atoms with Crippen molar-refractivity contribution < 1.29 is 0 Å². The molecule has 3 aromatic rings. The van der Waals surface area contributed by atoms with Gasteiger partial charge < -0.3 is 10.2 Å². The summed E-state index contributed by atoms with van der Waals surface area (Å²) in [4.78, 5) is 19.6. The molecule has 0 spiro atoms. The van der Waals surface area contributed by atoms with Crippen molar-refractivity contribution in [1.82, 2.24) is 19.9 Å². The second-order valence-electron chi connectivity index (χ2n) is 5.73. The molecule has 0 atom stereocenters. The van der Waals surface area contributed by atoms with Crippen LogP contribution in [0, 0.1) is 6.92 Å². The van der Waals surface area contributed by atoms with Crippen molar-refractivity contribution in [2.45, 2.75) is 13.5 Å². The normalized spacial score (nSPS) is 10.5. The first-order valence-corrected chi connectivity index (χ1v) is 7.74. The monoisotopic (exact) mass is 320 g/mol. The number of nitrogens with one attached hydrogen (secondary N) is 1. The molecule has 3 aromatic heterocycles. The minimum Gasteiger partial charge on any atom is -0.366 e. The molecule has 0 radical (unpaired) electrons. The van der Waals surface area contributed by atoms with Crippen LogP contribution < -0.4 is 10.2 Å². The minimum atomic E-state index is 0.656. The van der Waals surface area contributed by atoms with Crippen LogP contribution in [0.5, 0.6) is 0 Å². The maximum absolute atomic E-state index is 4.57. The van der Waals surface area contributed by atoms with Crippen molar-refractivity contribution >= 4 is 11.6 Å². The van der Waals surface area contributed by atoms with Crippen LogP contribution in [-0.4, -0.2) is 34.0 Å². The van der Waals surface area contributed by atoms with E-state index in [0.29, 0.717) is 12.4 Å². The Kier molecular flexibility index (Phi) is 4.65. The third-order valence-corrected chi connectivity index (χ3v) is 3.51. The Morgan fingerprint density at radius 1 is 1.08 bits per heavy atom. The lowest BCUT2D eigenvalue weighted by molar-refractivity contribution is 1.03. The number of aryl methyl sites for hydroxylation is 1. The zero-order chi connectivity index (χ0) is 16.9. The van der Waals surface area contributed by atoms with Crippen LogP contribution in [0.25, 0.3) is 11.4 Å². The number of hydrogen-bond acceptors (Lipinski definition) is 6. The predicted molar refractivity (Wildman–Crippen MR) is 95.9 cm³/mol. The van der Waals surface area contributed by atoms with Crippen LogP contribution in [0.15, 0.2) is 48.9 Å². The molecule has 0 unspecified atom stereocenters. The molecule has 0 fully saturated rings. The van der Waals surface area contributed by atoms with Crippen LogP contribution in [0.1, 0.15) is 11.3 Å². The average molecular weight is 320 g/mol. The molecule has 3 heterocycles. The van der Waals surface area contributed by atoms with Crippen molar-refractivity contribution in [3.8, 4) is 11.4 Å². The summed E-state index contributed by atoms with van der Waals surface area (Å²) < 4.78 is 0. The fourth-order valence-electron chi connectivity index (χ4n) is 2.26. The van der Waals surface area contributed by atoms with Gasteiger partial charge in [-0.15, -0.1) is 0 Å². The topological polar surface area (TPSA) is 66.8 Å². The van der Waals surface area contributed by atoms with Crippen molar-refractivity contribution in [2.24, 2.45) is 0 Å². The number of aromatic nitrogens is 4. The van der Waals surface area contributed by atoms with Crippen molar-refractivity contribution in [2.75, 3.05) is 24.3 Å². The largest absolute Gasteiger partial charge is 0.366 e. The highest BCUT2D eigenvalue weighted by atomic mass is 15.1. The van der Waals surface area contributed by atoms with E-state index in [2.05, 4.69) is 31.3 Å². The molecule has 1 N–H and O–H groups in total. The van der Waals surface area contributed by atoms with E-state index in [1.165, 1.54) is 0 Å². The van der Waals surface area contributed by atoms with Gasteiger partial charge in [-0.1, -0.05) is 6.07 Å². The lowest BCUT2D eigenvalue weighted by atomic mass is 10.2. The van der Waals surface area contributed by atoms with Gasteiger partial charge in [0.15, 0.2) is 5.82 Å². The highest BCUT2D eigenvalue weighted by Gasteiger charge is 2.05. The fourth-order valence-corrected chi connectivity index (χ4v) is 2.26. The molecule has 0 amide bonds. The predicted octanol–water partition coefficient (Wildman–Crippen LogP) is 2.92. The first-order valence-electron chi connectivity index (χ1n) is 7.74. The maximum Gasteiger partial charge on any atom is 0.163 e. The second kappa shape index (κ2) is 7.04. The summed E-state index contributed by atoms with van der Waals surface area (Å²) in [6.45, 7) is 2.61. The molecule has 122 valence electrons. The second-order valence-corrected chi connectivity index (χ2v) is 5.73. The maximum atomic E-state index is 4.57. The summed E-state index contributed by atoms with van der Waals surface area (Å²) in [5, 5.41) is 3.34. The SMILES string of the molecule is Cc1cc(NCc2ccc(N(C)C)nc2)nc(-c2cccnc2)n1. The lowest BCUT2D eigenvalue weighted by Crippen LogP contribution is -2.11. The van der Waals surface area contributed by atoms with Crippen LogP contribution in [-0.2, 0) is 6.54 Å². The molecule has 0 saturated carbocycles. The number of anilines is 2. The molecule has 0 aromatic carbocycles. The van der Waals surface area contributed by atoms with E-state index in [1.54, 1.807) is 12.4 Å². The zero-order valence-electron chi connectivity index (χ0n) is 14.1. The number of hydrogen-bond donors (Lipinski definition) is 1. The third-order valence-electron chi connectivity index (χ3n) is 3.51. The van der Waals surface area contributed by atoms with Crippen LogP contribution in [0.4, 0.5) is 11.6 Å². The van der Waals surface area contributed by atoms with E-state index in [-0.39, 0.29) is 0 Å².